The zero-order chi connectivity index (χ0) is 6.73. The molecule has 8 heavy (non-hydrogen) atoms. The number of rotatable bonds is 1. The maximum absolute atomic E-state index is 10.1. The monoisotopic (exact) mass is 212 g/mol. The highest BCUT2D eigenvalue weighted by Gasteiger charge is 2.03. The van der Waals surface area contributed by atoms with Crippen LogP contribution in [0.15, 0.2) is 8.86 Å². The summed E-state index contributed by atoms with van der Waals surface area (Å²) in [5, 5.41) is 0. The highest BCUT2D eigenvalue weighted by Crippen LogP contribution is 2.22. The highest BCUT2D eigenvalue weighted by atomic mass is 35.7. The molecule has 0 spiro atoms. The van der Waals surface area contributed by atoms with Gasteiger partial charge >= 0.3 is 0 Å². The summed E-state index contributed by atoms with van der Waals surface area (Å²) in [5.74, 6) is 0. The topological polar surface area (TPSA) is 17.1 Å². The van der Waals surface area contributed by atoms with E-state index in [1.807, 2.05) is 0 Å². The standard InChI is InChI=1S/C2Cl4OS/c3-1(4)2(5)8(6)7/t8-/m1/s1. The molecular weight excluding hydrogens is 214 g/mol. The first-order chi connectivity index (χ1) is 3.55. The molecule has 0 aliphatic heterocycles. The summed E-state index contributed by atoms with van der Waals surface area (Å²) in [4.78, 5) is 0. The van der Waals surface area contributed by atoms with E-state index < -0.39 is 10.0 Å². The van der Waals surface area contributed by atoms with E-state index in [9.17, 15) is 4.21 Å². The van der Waals surface area contributed by atoms with Gasteiger partial charge < -0.3 is 0 Å². The minimum Gasteiger partial charge on any atom is -0.236 e. The Kier molecular flexibility index (Phi) is 4.48. The average Bonchev–Trinajstić information content (AvgIpc) is 1.64. The van der Waals surface area contributed by atoms with Crippen molar-refractivity contribution in [3.8, 4) is 0 Å². The molecule has 0 amide bonds. The second-order valence-corrected chi connectivity index (χ2v) is 4.01. The molecule has 0 radical (unpaired) electrons. The molecule has 0 aliphatic carbocycles. The lowest BCUT2D eigenvalue weighted by molar-refractivity contribution is 0.695. The first-order valence-electron chi connectivity index (χ1n) is 1.34. The second-order valence-electron chi connectivity index (χ2n) is 0.758. The van der Waals surface area contributed by atoms with Crippen molar-refractivity contribution in [3.05, 3.63) is 8.86 Å². The Balaban J connectivity index is 4.23. The molecule has 0 unspecified atom stereocenters. The predicted molar refractivity (Wildman–Crippen MR) is 38.6 cm³/mol. The Morgan fingerprint density at radius 1 is 1.25 bits per heavy atom. The first kappa shape index (κ1) is 9.05. The Morgan fingerprint density at radius 2 is 1.62 bits per heavy atom. The van der Waals surface area contributed by atoms with Crippen LogP contribution in [0.5, 0.6) is 0 Å². The molecule has 0 fully saturated rings. The van der Waals surface area contributed by atoms with E-state index in [0.717, 1.165) is 0 Å². The van der Waals surface area contributed by atoms with Crippen molar-refractivity contribution in [2.75, 3.05) is 0 Å². The minimum absolute atomic E-state index is 0.241. The molecule has 0 N–H and O–H groups in total. The van der Waals surface area contributed by atoms with Gasteiger partial charge in [0.2, 0.25) is 0 Å². The molecule has 6 heteroatoms. The van der Waals surface area contributed by atoms with Gasteiger partial charge in [-0.05, 0) is 10.7 Å². The van der Waals surface area contributed by atoms with Crippen LogP contribution in [-0.4, -0.2) is 4.21 Å². The average molecular weight is 214 g/mol. The van der Waals surface area contributed by atoms with Crippen molar-refractivity contribution >= 4 is 55.5 Å². The highest BCUT2D eigenvalue weighted by molar-refractivity contribution is 8.12. The van der Waals surface area contributed by atoms with Crippen LogP contribution in [0.4, 0.5) is 0 Å². The van der Waals surface area contributed by atoms with Gasteiger partial charge in [-0.2, -0.15) is 0 Å². The fourth-order valence-electron chi connectivity index (χ4n) is 0.0607. The molecule has 48 valence electrons. The second kappa shape index (κ2) is 3.96. The van der Waals surface area contributed by atoms with E-state index in [0.29, 0.717) is 0 Å². The van der Waals surface area contributed by atoms with Gasteiger partial charge in [-0.3, -0.25) is 0 Å². The van der Waals surface area contributed by atoms with Crippen LogP contribution in [0, 0.1) is 0 Å². The van der Waals surface area contributed by atoms with E-state index >= 15 is 0 Å². The molecule has 0 aliphatic rings. The van der Waals surface area contributed by atoms with E-state index in [1.165, 1.54) is 0 Å². The van der Waals surface area contributed by atoms with Crippen molar-refractivity contribution < 1.29 is 4.21 Å². The van der Waals surface area contributed by atoms with E-state index in [2.05, 4.69) is 0 Å². The lowest BCUT2D eigenvalue weighted by atomic mass is 11.2. The fraction of sp³-hybridized carbons (Fsp3) is 0. The third-order valence-electron chi connectivity index (χ3n) is 0.289. The molecule has 0 saturated carbocycles. The Labute approximate surface area is 68.5 Å². The van der Waals surface area contributed by atoms with Crippen molar-refractivity contribution in [2.24, 2.45) is 0 Å². The first-order valence-corrected chi connectivity index (χ1v) is 4.45. The zero-order valence-corrected chi connectivity index (χ0v) is 7.17. The van der Waals surface area contributed by atoms with Gasteiger partial charge in [0.25, 0.3) is 0 Å². The van der Waals surface area contributed by atoms with Gasteiger partial charge in [0.05, 0.1) is 0 Å². The smallest absolute Gasteiger partial charge is 0.161 e. The van der Waals surface area contributed by atoms with Gasteiger partial charge in [0, 0.05) is 0 Å². The third kappa shape index (κ3) is 3.15. The van der Waals surface area contributed by atoms with Crippen molar-refractivity contribution in [2.45, 2.75) is 0 Å². The summed E-state index contributed by atoms with van der Waals surface area (Å²) in [6, 6.07) is 0. The molecule has 0 aromatic rings. The van der Waals surface area contributed by atoms with Crippen molar-refractivity contribution in [1.82, 2.24) is 0 Å². The lowest BCUT2D eigenvalue weighted by Crippen LogP contribution is -1.74. The quantitative estimate of drug-likeness (QED) is 0.613. The summed E-state index contributed by atoms with van der Waals surface area (Å²) in [5.41, 5.74) is 0. The Bertz CT molecular complexity index is 137. The van der Waals surface area contributed by atoms with Gasteiger partial charge in [-0.25, -0.2) is 4.21 Å². The molecular formula is C2Cl4OS. The van der Waals surface area contributed by atoms with Gasteiger partial charge in [0.15, 0.2) is 14.4 Å². The van der Waals surface area contributed by atoms with Crippen LogP contribution < -0.4 is 0 Å². The third-order valence-corrected chi connectivity index (χ3v) is 2.88. The van der Waals surface area contributed by atoms with Crippen LogP contribution in [-0.2, 0) is 10.0 Å². The normalized spacial score (nSPS) is 13.0. The zero-order valence-electron chi connectivity index (χ0n) is 3.33. The molecule has 0 saturated heterocycles. The summed E-state index contributed by atoms with van der Waals surface area (Å²) < 4.78 is 9.60. The van der Waals surface area contributed by atoms with E-state index in [1.54, 1.807) is 0 Å². The van der Waals surface area contributed by atoms with Gasteiger partial charge in [0.1, 0.15) is 4.49 Å². The van der Waals surface area contributed by atoms with E-state index in [4.69, 9.17) is 45.5 Å². The van der Waals surface area contributed by atoms with Crippen LogP contribution in [0.3, 0.4) is 0 Å². The number of halogens is 4. The molecule has 0 bridgehead atoms. The fourth-order valence-corrected chi connectivity index (χ4v) is 1.07. The van der Waals surface area contributed by atoms with Gasteiger partial charge in [-0.1, -0.05) is 34.8 Å². The molecule has 0 heterocycles. The predicted octanol–water partition coefficient (Wildman–Crippen LogP) is 2.73. The molecule has 0 rings (SSSR count). The SMILES string of the molecule is O=[S@@](Cl)C(Cl)=C(Cl)Cl. The van der Waals surface area contributed by atoms with Crippen LogP contribution in [0.25, 0.3) is 0 Å². The number of hydrogen-bond donors (Lipinski definition) is 0. The number of hydrogen-bond acceptors (Lipinski definition) is 1. The maximum Gasteiger partial charge on any atom is 0.161 e. The molecule has 1 atom stereocenters. The molecule has 0 aromatic carbocycles. The van der Waals surface area contributed by atoms with Crippen LogP contribution in [0.2, 0.25) is 0 Å². The summed E-state index contributed by atoms with van der Waals surface area (Å²) in [6.45, 7) is 0. The molecule has 1 nitrogen and oxygen atoms in total. The van der Waals surface area contributed by atoms with Crippen molar-refractivity contribution in [1.29, 1.82) is 0 Å². The van der Waals surface area contributed by atoms with Crippen LogP contribution >= 0.6 is 45.5 Å². The van der Waals surface area contributed by atoms with Gasteiger partial charge in [-0.15, -0.1) is 0 Å². The Morgan fingerprint density at radius 3 is 1.62 bits per heavy atom. The summed E-state index contributed by atoms with van der Waals surface area (Å²) in [7, 11) is 3.15. The van der Waals surface area contributed by atoms with Crippen molar-refractivity contribution in [3.63, 3.8) is 0 Å². The Hall–Kier alpha value is 1.05. The van der Waals surface area contributed by atoms with E-state index in [-0.39, 0.29) is 8.86 Å². The van der Waals surface area contributed by atoms with Crippen LogP contribution in [0.1, 0.15) is 0 Å². The minimum atomic E-state index is -1.79. The summed E-state index contributed by atoms with van der Waals surface area (Å²) in [6.07, 6.45) is 0. The largest absolute Gasteiger partial charge is 0.236 e. The summed E-state index contributed by atoms with van der Waals surface area (Å²) >= 11 is 15.3. The molecule has 0 aromatic heterocycles. The lowest BCUT2D eigenvalue weighted by Gasteiger charge is -1.85. The maximum atomic E-state index is 10.1.